The van der Waals surface area contributed by atoms with Gasteiger partial charge in [-0.1, -0.05) is 38.1 Å². The predicted molar refractivity (Wildman–Crippen MR) is 88.5 cm³/mol. The molecule has 1 aromatic heterocycles. The molecule has 0 bridgehead atoms. The molecule has 114 valence electrons. The van der Waals surface area contributed by atoms with Crippen LogP contribution in [0, 0.1) is 0 Å². The first-order valence-electron chi connectivity index (χ1n) is 7.86. The summed E-state index contributed by atoms with van der Waals surface area (Å²) in [5.41, 5.74) is 0.976. The van der Waals surface area contributed by atoms with Crippen LogP contribution in [-0.4, -0.2) is 23.7 Å². The minimum atomic E-state index is -0.240. The van der Waals surface area contributed by atoms with Crippen molar-refractivity contribution < 1.29 is 4.74 Å². The van der Waals surface area contributed by atoms with Gasteiger partial charge in [-0.2, -0.15) is 0 Å². The Kier molecular flexibility index (Phi) is 5.32. The van der Waals surface area contributed by atoms with Gasteiger partial charge in [-0.25, -0.2) is 0 Å². The van der Waals surface area contributed by atoms with E-state index in [1.807, 2.05) is 12.4 Å². The molecule has 3 heteroatoms. The van der Waals surface area contributed by atoms with Gasteiger partial charge in [0, 0.05) is 24.4 Å². The molecule has 0 spiro atoms. The van der Waals surface area contributed by atoms with E-state index in [4.69, 9.17) is 4.74 Å². The van der Waals surface area contributed by atoms with E-state index in [0.29, 0.717) is 6.61 Å². The van der Waals surface area contributed by atoms with Gasteiger partial charge in [-0.3, -0.25) is 4.98 Å². The Labute approximate surface area is 127 Å². The zero-order valence-electron chi connectivity index (χ0n) is 13.5. The van der Waals surface area contributed by atoms with E-state index in [0.717, 1.165) is 13.0 Å². The molecule has 3 nitrogen and oxygen atoms in total. The molecule has 21 heavy (non-hydrogen) atoms. The number of nitrogens with zero attached hydrogens (tertiary/aromatic N) is 1. The number of rotatable bonds is 7. The predicted octanol–water partition coefficient (Wildman–Crippen LogP) is 4.09. The molecule has 1 heterocycles. The standard InChI is InChI=1S/C18H26N2O/c1-5-18(4,21-7-3)17(20-6-2)16-13-19-12-14-10-8-9-11-15(14)16/h8-13,17,20H,5-7H2,1-4H3. The Morgan fingerprint density at radius 2 is 1.95 bits per heavy atom. The smallest absolute Gasteiger partial charge is 0.0846 e. The van der Waals surface area contributed by atoms with Gasteiger partial charge in [0.2, 0.25) is 0 Å². The lowest BCUT2D eigenvalue weighted by molar-refractivity contribution is -0.0557. The van der Waals surface area contributed by atoms with E-state index < -0.39 is 0 Å². The van der Waals surface area contributed by atoms with Crippen LogP contribution < -0.4 is 5.32 Å². The van der Waals surface area contributed by atoms with Gasteiger partial charge in [-0.05, 0) is 37.8 Å². The minimum absolute atomic E-state index is 0.131. The number of ether oxygens (including phenoxy) is 1. The number of likely N-dealkylation sites (N-methyl/N-ethyl adjacent to an activating group) is 1. The van der Waals surface area contributed by atoms with Crippen LogP contribution in [0.1, 0.15) is 45.7 Å². The third kappa shape index (κ3) is 3.25. The molecule has 0 amide bonds. The number of aromatic nitrogens is 1. The highest BCUT2D eigenvalue weighted by molar-refractivity contribution is 5.85. The third-order valence-corrected chi connectivity index (χ3v) is 4.21. The molecule has 2 rings (SSSR count). The maximum Gasteiger partial charge on any atom is 0.0846 e. The van der Waals surface area contributed by atoms with E-state index in [9.17, 15) is 0 Å². The molecule has 0 aliphatic rings. The first-order chi connectivity index (χ1) is 10.2. The quantitative estimate of drug-likeness (QED) is 0.832. The summed E-state index contributed by atoms with van der Waals surface area (Å²) < 4.78 is 6.11. The zero-order chi connectivity index (χ0) is 15.3. The van der Waals surface area contributed by atoms with Crippen molar-refractivity contribution in [3.05, 3.63) is 42.2 Å². The number of pyridine rings is 1. The zero-order valence-corrected chi connectivity index (χ0v) is 13.5. The minimum Gasteiger partial charge on any atom is -0.374 e. The SMILES string of the molecule is CCNC(c1cncc2ccccc12)C(C)(CC)OCC. The maximum absolute atomic E-state index is 6.11. The topological polar surface area (TPSA) is 34.2 Å². The monoisotopic (exact) mass is 286 g/mol. The van der Waals surface area contributed by atoms with Crippen LogP contribution in [0.15, 0.2) is 36.7 Å². The second-order valence-corrected chi connectivity index (χ2v) is 5.54. The van der Waals surface area contributed by atoms with Crippen molar-refractivity contribution in [1.29, 1.82) is 0 Å². The van der Waals surface area contributed by atoms with E-state index in [1.54, 1.807) is 0 Å². The second kappa shape index (κ2) is 7.01. The van der Waals surface area contributed by atoms with Crippen molar-refractivity contribution >= 4 is 10.8 Å². The van der Waals surface area contributed by atoms with Crippen LogP contribution in [-0.2, 0) is 4.74 Å². The number of hydrogen-bond donors (Lipinski definition) is 1. The molecule has 2 unspecified atom stereocenters. The average Bonchev–Trinajstić information content (AvgIpc) is 2.52. The highest BCUT2D eigenvalue weighted by Crippen LogP contribution is 2.35. The number of benzene rings is 1. The van der Waals surface area contributed by atoms with Crippen LogP contribution in [0.4, 0.5) is 0 Å². The summed E-state index contributed by atoms with van der Waals surface area (Å²) >= 11 is 0. The van der Waals surface area contributed by atoms with Crippen molar-refractivity contribution in [2.45, 2.75) is 45.8 Å². The number of fused-ring (bicyclic) bond motifs is 1. The molecule has 0 fully saturated rings. The molecule has 1 N–H and O–H groups in total. The molecule has 1 aromatic carbocycles. The lowest BCUT2D eigenvalue weighted by Crippen LogP contribution is -2.43. The lowest BCUT2D eigenvalue weighted by atomic mass is 9.86. The summed E-state index contributed by atoms with van der Waals surface area (Å²) in [5.74, 6) is 0. The fourth-order valence-corrected chi connectivity index (χ4v) is 2.95. The Morgan fingerprint density at radius 3 is 2.62 bits per heavy atom. The summed E-state index contributed by atoms with van der Waals surface area (Å²) in [7, 11) is 0. The first-order valence-corrected chi connectivity index (χ1v) is 7.86. The van der Waals surface area contributed by atoms with Crippen molar-refractivity contribution in [2.75, 3.05) is 13.2 Å². The molecule has 2 aromatic rings. The van der Waals surface area contributed by atoms with Crippen LogP contribution in [0.3, 0.4) is 0 Å². The number of hydrogen-bond acceptors (Lipinski definition) is 3. The third-order valence-electron chi connectivity index (χ3n) is 4.21. The summed E-state index contributed by atoms with van der Waals surface area (Å²) in [6.45, 7) is 10.2. The van der Waals surface area contributed by atoms with E-state index in [-0.39, 0.29) is 11.6 Å². The lowest BCUT2D eigenvalue weighted by Gasteiger charge is -2.38. The van der Waals surface area contributed by atoms with Crippen molar-refractivity contribution in [2.24, 2.45) is 0 Å². The molecular formula is C18H26N2O. The molecule has 2 atom stereocenters. The highest BCUT2D eigenvalue weighted by Gasteiger charge is 2.35. The molecule has 0 aliphatic heterocycles. The highest BCUT2D eigenvalue weighted by atomic mass is 16.5. The van der Waals surface area contributed by atoms with Crippen LogP contribution in [0.5, 0.6) is 0 Å². The molecule has 0 saturated carbocycles. The second-order valence-electron chi connectivity index (χ2n) is 5.54. The van der Waals surface area contributed by atoms with Crippen LogP contribution >= 0.6 is 0 Å². The van der Waals surface area contributed by atoms with Gasteiger partial charge in [0.25, 0.3) is 0 Å². The summed E-state index contributed by atoms with van der Waals surface area (Å²) in [6.07, 6.45) is 4.84. The Balaban J connectivity index is 2.54. The van der Waals surface area contributed by atoms with Crippen LogP contribution in [0.2, 0.25) is 0 Å². The Morgan fingerprint density at radius 1 is 1.19 bits per heavy atom. The molecule has 0 radical (unpaired) electrons. The van der Waals surface area contributed by atoms with Gasteiger partial charge in [0.05, 0.1) is 11.6 Å². The number of nitrogens with one attached hydrogen (secondary N) is 1. The molecule has 0 aliphatic carbocycles. The molecular weight excluding hydrogens is 260 g/mol. The summed E-state index contributed by atoms with van der Waals surface area (Å²) in [5, 5.41) is 6.02. The van der Waals surface area contributed by atoms with E-state index >= 15 is 0 Å². The van der Waals surface area contributed by atoms with Crippen molar-refractivity contribution in [1.82, 2.24) is 10.3 Å². The average molecular weight is 286 g/mol. The fraction of sp³-hybridized carbons (Fsp3) is 0.500. The summed E-state index contributed by atoms with van der Waals surface area (Å²) in [4.78, 5) is 4.43. The van der Waals surface area contributed by atoms with Gasteiger partial charge in [0.15, 0.2) is 0 Å². The van der Waals surface area contributed by atoms with Crippen LogP contribution in [0.25, 0.3) is 10.8 Å². The fourth-order valence-electron chi connectivity index (χ4n) is 2.95. The van der Waals surface area contributed by atoms with Crippen molar-refractivity contribution in [3.63, 3.8) is 0 Å². The van der Waals surface area contributed by atoms with Gasteiger partial charge in [-0.15, -0.1) is 0 Å². The molecule has 0 saturated heterocycles. The normalized spacial score (nSPS) is 15.8. The first kappa shape index (κ1) is 15.9. The maximum atomic E-state index is 6.11. The van der Waals surface area contributed by atoms with Gasteiger partial charge >= 0.3 is 0 Å². The van der Waals surface area contributed by atoms with E-state index in [2.05, 4.69) is 62.3 Å². The summed E-state index contributed by atoms with van der Waals surface area (Å²) in [6, 6.07) is 8.54. The van der Waals surface area contributed by atoms with Crippen molar-refractivity contribution in [3.8, 4) is 0 Å². The van der Waals surface area contributed by atoms with Gasteiger partial charge in [0.1, 0.15) is 0 Å². The Bertz CT molecular complexity index is 579. The largest absolute Gasteiger partial charge is 0.374 e. The Hall–Kier alpha value is -1.45. The van der Waals surface area contributed by atoms with E-state index in [1.165, 1.54) is 16.3 Å². The van der Waals surface area contributed by atoms with Gasteiger partial charge < -0.3 is 10.1 Å².